The second kappa shape index (κ2) is 9.24. The van der Waals surface area contributed by atoms with Crippen LogP contribution >= 0.6 is 0 Å². The number of fused-ring (bicyclic) bond motifs is 2. The molecule has 0 aliphatic carbocycles. The van der Waals surface area contributed by atoms with E-state index in [4.69, 9.17) is 15.0 Å². The minimum Gasteiger partial charge on any atom is -0.361 e. The first-order chi connectivity index (χ1) is 16.8. The van der Waals surface area contributed by atoms with Gasteiger partial charge in [0.1, 0.15) is 36.4 Å². The number of nitriles is 1. The van der Waals surface area contributed by atoms with E-state index in [1.807, 2.05) is 12.1 Å². The largest absolute Gasteiger partial charge is 0.361 e. The molecule has 184 valence electrons. The third-order valence-electron chi connectivity index (χ3n) is 7.54. The number of piperidine rings is 1. The van der Waals surface area contributed by atoms with Crippen LogP contribution in [-0.2, 0) is 11.5 Å². The predicted octanol–water partition coefficient (Wildman–Crippen LogP) is 4.36. The van der Waals surface area contributed by atoms with Crippen molar-refractivity contribution in [3.8, 4) is 6.07 Å². The van der Waals surface area contributed by atoms with Gasteiger partial charge in [0.05, 0.1) is 10.9 Å². The lowest BCUT2D eigenvalue weighted by atomic mass is 9.75. The Morgan fingerprint density at radius 2 is 1.97 bits per heavy atom. The van der Waals surface area contributed by atoms with E-state index in [0.717, 1.165) is 67.9 Å². The molecule has 0 saturated carbocycles. The Hall–Kier alpha value is -2.96. The van der Waals surface area contributed by atoms with Gasteiger partial charge in [0.15, 0.2) is 0 Å². The highest BCUT2D eigenvalue weighted by Crippen LogP contribution is 2.44. The molecule has 2 aliphatic rings. The first kappa shape index (κ1) is 23.8. The monoisotopic (exact) mass is 489 g/mol. The van der Waals surface area contributed by atoms with E-state index in [2.05, 4.69) is 69.2 Å². The Bertz CT molecular complexity index is 1230. The molecule has 0 aromatic carbocycles. The smallest absolute Gasteiger partial charge is 0.147 e. The summed E-state index contributed by atoms with van der Waals surface area (Å²) in [5.74, 6) is 2.59. The van der Waals surface area contributed by atoms with Crippen molar-refractivity contribution in [1.82, 2.24) is 19.5 Å². The van der Waals surface area contributed by atoms with Crippen LogP contribution in [-0.4, -0.2) is 60.4 Å². The minimum absolute atomic E-state index is 0.146. The van der Waals surface area contributed by atoms with Crippen LogP contribution in [0.2, 0.25) is 25.7 Å². The van der Waals surface area contributed by atoms with Gasteiger partial charge in [-0.3, -0.25) is 0 Å². The Labute approximate surface area is 208 Å². The highest BCUT2D eigenvalue weighted by molar-refractivity contribution is 6.76. The van der Waals surface area contributed by atoms with E-state index in [0.29, 0.717) is 18.2 Å². The van der Waals surface area contributed by atoms with E-state index in [-0.39, 0.29) is 5.41 Å². The third kappa shape index (κ3) is 4.91. The normalized spacial score (nSPS) is 22.4. The second-order valence-electron chi connectivity index (χ2n) is 11.5. The molecule has 2 saturated heterocycles. The van der Waals surface area contributed by atoms with Crippen molar-refractivity contribution in [2.45, 2.75) is 45.8 Å². The number of ether oxygens (including phenoxy) is 1. The van der Waals surface area contributed by atoms with Crippen LogP contribution in [0.1, 0.15) is 18.9 Å². The SMILES string of the molecule is C[C@@]12CN(c3ccc(C#N)cn3)C[C@@H]1CCN(c1ncnc3c1ccn3COCC[Si](C)(C)C)C2. The zero-order valence-corrected chi connectivity index (χ0v) is 22.2. The van der Waals surface area contributed by atoms with E-state index < -0.39 is 8.07 Å². The maximum Gasteiger partial charge on any atom is 0.147 e. The van der Waals surface area contributed by atoms with E-state index in [1.54, 1.807) is 12.5 Å². The zero-order valence-electron chi connectivity index (χ0n) is 21.2. The summed E-state index contributed by atoms with van der Waals surface area (Å²) in [6.45, 7) is 14.7. The highest BCUT2D eigenvalue weighted by Gasteiger charge is 2.47. The van der Waals surface area contributed by atoms with Crippen LogP contribution in [0.3, 0.4) is 0 Å². The molecule has 5 heterocycles. The first-order valence-electron chi connectivity index (χ1n) is 12.5. The predicted molar refractivity (Wildman–Crippen MR) is 141 cm³/mol. The molecule has 0 unspecified atom stereocenters. The summed E-state index contributed by atoms with van der Waals surface area (Å²) in [5.41, 5.74) is 1.68. The van der Waals surface area contributed by atoms with Gasteiger partial charge in [0, 0.05) is 58.7 Å². The van der Waals surface area contributed by atoms with Crippen LogP contribution in [0.25, 0.3) is 11.0 Å². The van der Waals surface area contributed by atoms with Gasteiger partial charge in [-0.25, -0.2) is 15.0 Å². The Morgan fingerprint density at radius 1 is 1.14 bits per heavy atom. The fraction of sp³-hybridized carbons (Fsp3) is 0.538. The Kier molecular flexibility index (Phi) is 6.28. The number of aromatic nitrogens is 4. The zero-order chi connectivity index (χ0) is 24.6. The molecule has 3 aromatic heterocycles. The molecule has 5 rings (SSSR count). The fourth-order valence-electron chi connectivity index (χ4n) is 5.44. The van der Waals surface area contributed by atoms with Crippen LogP contribution in [0.15, 0.2) is 36.9 Å². The van der Waals surface area contributed by atoms with Crippen molar-refractivity contribution in [1.29, 1.82) is 5.26 Å². The lowest BCUT2D eigenvalue weighted by molar-refractivity contribution is 0.0899. The summed E-state index contributed by atoms with van der Waals surface area (Å²) in [5, 5.41) is 10.2. The summed E-state index contributed by atoms with van der Waals surface area (Å²) >= 11 is 0. The fourth-order valence-corrected chi connectivity index (χ4v) is 6.20. The highest BCUT2D eigenvalue weighted by atomic mass is 28.3. The molecular weight excluding hydrogens is 454 g/mol. The van der Waals surface area contributed by atoms with Crippen molar-refractivity contribution in [3.63, 3.8) is 0 Å². The molecule has 8 nitrogen and oxygen atoms in total. The quantitative estimate of drug-likeness (QED) is 0.360. The minimum atomic E-state index is -1.10. The van der Waals surface area contributed by atoms with Crippen molar-refractivity contribution >= 4 is 30.7 Å². The third-order valence-corrected chi connectivity index (χ3v) is 9.24. The van der Waals surface area contributed by atoms with Crippen LogP contribution in [0.4, 0.5) is 11.6 Å². The average molecular weight is 490 g/mol. The Balaban J connectivity index is 1.30. The Morgan fingerprint density at radius 3 is 2.71 bits per heavy atom. The standard InChI is InChI=1S/C26H35N7OSi/c1-26-16-31(9-7-21(26)15-33(17-26)23-6-5-20(13-27)14-28-23)24-22-8-10-32(25(22)30-18-29-24)19-34-11-12-35(2,3)4/h5-6,8,10,14,18,21H,7,9,11-12,15-17,19H2,1-4H3/t21-,26+/m0/s1. The molecule has 0 spiro atoms. The van der Waals surface area contributed by atoms with E-state index >= 15 is 0 Å². The van der Waals surface area contributed by atoms with Gasteiger partial charge in [0.25, 0.3) is 0 Å². The van der Waals surface area contributed by atoms with Crippen molar-refractivity contribution < 1.29 is 4.74 Å². The van der Waals surface area contributed by atoms with Gasteiger partial charge < -0.3 is 19.1 Å². The number of rotatable bonds is 7. The molecular formula is C26H35N7OSi. The summed E-state index contributed by atoms with van der Waals surface area (Å²) in [6, 6.07) is 9.27. The van der Waals surface area contributed by atoms with Gasteiger partial charge in [-0.15, -0.1) is 0 Å². The molecule has 3 aromatic rings. The lowest BCUT2D eigenvalue weighted by Gasteiger charge is -2.42. The molecule has 35 heavy (non-hydrogen) atoms. The average Bonchev–Trinajstić information content (AvgIpc) is 3.41. The van der Waals surface area contributed by atoms with Gasteiger partial charge >= 0.3 is 0 Å². The summed E-state index contributed by atoms with van der Waals surface area (Å²) in [6.07, 6.45) is 6.55. The van der Waals surface area contributed by atoms with Crippen molar-refractivity contribution in [2.24, 2.45) is 11.3 Å². The number of hydrogen-bond acceptors (Lipinski definition) is 7. The molecule has 2 fully saturated rings. The maximum atomic E-state index is 9.07. The molecule has 0 radical (unpaired) electrons. The molecule has 2 atom stereocenters. The molecule has 0 amide bonds. The molecule has 0 N–H and O–H groups in total. The first-order valence-corrected chi connectivity index (χ1v) is 16.2. The van der Waals surface area contributed by atoms with E-state index in [9.17, 15) is 0 Å². The van der Waals surface area contributed by atoms with Crippen LogP contribution in [0, 0.1) is 22.7 Å². The number of anilines is 2. The number of pyridine rings is 1. The number of hydrogen-bond donors (Lipinski definition) is 0. The lowest BCUT2D eigenvalue weighted by Crippen LogP contribution is -2.47. The van der Waals surface area contributed by atoms with Crippen LogP contribution < -0.4 is 9.80 Å². The summed E-state index contributed by atoms with van der Waals surface area (Å²) < 4.78 is 8.07. The number of nitrogens with zero attached hydrogens (tertiary/aromatic N) is 7. The van der Waals surface area contributed by atoms with Crippen LogP contribution in [0.5, 0.6) is 0 Å². The van der Waals surface area contributed by atoms with Gasteiger partial charge in [0.2, 0.25) is 0 Å². The molecule has 9 heteroatoms. The molecule has 0 bridgehead atoms. The topological polar surface area (TPSA) is 83.1 Å². The van der Waals surface area contributed by atoms with Gasteiger partial charge in [-0.05, 0) is 36.6 Å². The van der Waals surface area contributed by atoms with Crippen molar-refractivity contribution in [2.75, 3.05) is 42.6 Å². The van der Waals surface area contributed by atoms with Gasteiger partial charge in [-0.1, -0.05) is 26.6 Å². The van der Waals surface area contributed by atoms with Gasteiger partial charge in [-0.2, -0.15) is 5.26 Å². The maximum absolute atomic E-state index is 9.07. The summed E-state index contributed by atoms with van der Waals surface area (Å²) in [7, 11) is -1.10. The van der Waals surface area contributed by atoms with Crippen molar-refractivity contribution in [3.05, 3.63) is 42.5 Å². The molecule has 2 aliphatic heterocycles. The summed E-state index contributed by atoms with van der Waals surface area (Å²) in [4.78, 5) is 18.7. The van der Waals surface area contributed by atoms with E-state index in [1.165, 1.54) is 0 Å². The second-order valence-corrected chi connectivity index (χ2v) is 17.1.